The van der Waals surface area contributed by atoms with Crippen LogP contribution < -0.4 is 4.90 Å². The van der Waals surface area contributed by atoms with Gasteiger partial charge in [0.1, 0.15) is 17.7 Å². The molecule has 0 saturated carbocycles. The van der Waals surface area contributed by atoms with Crippen LogP contribution in [0.1, 0.15) is 57.7 Å². The van der Waals surface area contributed by atoms with Crippen LogP contribution in [-0.4, -0.2) is 29.5 Å². The Morgan fingerprint density at radius 3 is 2.83 bits per heavy atom. The molecule has 0 radical (unpaired) electrons. The van der Waals surface area contributed by atoms with Gasteiger partial charge < -0.3 is 9.53 Å². The highest BCUT2D eigenvalue weighted by molar-refractivity contribution is 5.87. The van der Waals surface area contributed by atoms with E-state index in [0.29, 0.717) is 13.0 Å². The molecule has 0 unspecified atom stereocenters. The number of carbonyl (C=O) groups excluding carboxylic acids is 2. The normalized spacial score (nSPS) is 14.8. The van der Waals surface area contributed by atoms with Gasteiger partial charge in [-0.05, 0) is 64.5 Å². The number of hydrogen-bond acceptors (Lipinski definition) is 4. The van der Waals surface area contributed by atoms with E-state index in [1.165, 1.54) is 0 Å². The van der Waals surface area contributed by atoms with Crippen LogP contribution in [0, 0.1) is 0 Å². The van der Waals surface area contributed by atoms with Crippen LogP contribution in [0.2, 0.25) is 0 Å². The van der Waals surface area contributed by atoms with Crippen molar-refractivity contribution in [2.45, 2.75) is 64.9 Å². The SMILES string of the molecule is CC(C)(C)OC(=O)N1CCCCc2ccc(CCCC=O)nc21. The smallest absolute Gasteiger partial charge is 0.416 e. The molecule has 0 bridgehead atoms. The molecule has 23 heavy (non-hydrogen) atoms. The molecule has 0 atom stereocenters. The maximum absolute atomic E-state index is 12.5. The molecule has 1 aliphatic heterocycles. The average Bonchev–Trinajstić information content (AvgIpc) is 2.67. The van der Waals surface area contributed by atoms with E-state index in [0.717, 1.165) is 55.5 Å². The highest BCUT2D eigenvalue weighted by atomic mass is 16.6. The van der Waals surface area contributed by atoms with Gasteiger partial charge in [-0.15, -0.1) is 0 Å². The van der Waals surface area contributed by atoms with Crippen molar-refractivity contribution in [3.05, 3.63) is 23.4 Å². The average molecular weight is 318 g/mol. The molecular formula is C18H26N2O3. The van der Waals surface area contributed by atoms with E-state index >= 15 is 0 Å². The lowest BCUT2D eigenvalue weighted by Gasteiger charge is -2.27. The maximum Gasteiger partial charge on any atom is 0.416 e. The van der Waals surface area contributed by atoms with E-state index in [9.17, 15) is 9.59 Å². The first-order valence-electron chi connectivity index (χ1n) is 8.33. The first kappa shape index (κ1) is 17.4. The van der Waals surface area contributed by atoms with Crippen LogP contribution >= 0.6 is 0 Å². The number of ether oxygens (including phenoxy) is 1. The summed E-state index contributed by atoms with van der Waals surface area (Å²) in [7, 11) is 0. The number of aromatic nitrogens is 1. The number of pyridine rings is 1. The summed E-state index contributed by atoms with van der Waals surface area (Å²) in [5, 5.41) is 0. The number of aldehydes is 1. The van der Waals surface area contributed by atoms with Gasteiger partial charge in [-0.2, -0.15) is 0 Å². The molecule has 0 aliphatic carbocycles. The third-order valence-corrected chi connectivity index (χ3v) is 3.72. The number of rotatable bonds is 4. The summed E-state index contributed by atoms with van der Waals surface area (Å²) < 4.78 is 5.53. The van der Waals surface area contributed by atoms with Crippen molar-refractivity contribution in [3.8, 4) is 0 Å². The summed E-state index contributed by atoms with van der Waals surface area (Å²) in [6, 6.07) is 4.06. The fourth-order valence-electron chi connectivity index (χ4n) is 2.64. The molecular weight excluding hydrogens is 292 g/mol. The van der Waals surface area contributed by atoms with Crippen LogP contribution in [-0.2, 0) is 22.4 Å². The van der Waals surface area contributed by atoms with Crippen molar-refractivity contribution in [2.24, 2.45) is 0 Å². The monoisotopic (exact) mass is 318 g/mol. The highest BCUT2D eigenvalue weighted by Crippen LogP contribution is 2.26. The second-order valence-electron chi connectivity index (χ2n) is 6.93. The van der Waals surface area contributed by atoms with Gasteiger partial charge in [-0.3, -0.25) is 4.90 Å². The summed E-state index contributed by atoms with van der Waals surface area (Å²) >= 11 is 0. The first-order valence-corrected chi connectivity index (χ1v) is 8.33. The Morgan fingerprint density at radius 2 is 2.13 bits per heavy atom. The predicted molar refractivity (Wildman–Crippen MR) is 89.8 cm³/mol. The number of carbonyl (C=O) groups is 2. The first-order chi connectivity index (χ1) is 10.9. The minimum atomic E-state index is -0.523. The summed E-state index contributed by atoms with van der Waals surface area (Å²) in [5.41, 5.74) is 1.49. The van der Waals surface area contributed by atoms with Gasteiger partial charge in [0, 0.05) is 18.7 Å². The van der Waals surface area contributed by atoms with Crippen molar-refractivity contribution in [1.29, 1.82) is 0 Å². The standard InChI is InChI=1S/C18H26N2O3/c1-18(2,3)23-17(22)20-12-6-4-8-14-10-11-15(19-16(14)20)9-5-7-13-21/h10-11,13H,4-9,12H2,1-3H3. The van der Waals surface area contributed by atoms with Crippen LogP contribution in [0.25, 0.3) is 0 Å². The van der Waals surface area contributed by atoms with E-state index in [1.54, 1.807) is 4.90 Å². The lowest BCUT2D eigenvalue weighted by molar-refractivity contribution is -0.107. The minimum Gasteiger partial charge on any atom is -0.443 e. The van der Waals surface area contributed by atoms with Gasteiger partial charge in [0.2, 0.25) is 0 Å². The molecule has 0 saturated heterocycles. The summed E-state index contributed by atoms with van der Waals surface area (Å²) in [6.45, 7) is 6.24. The molecule has 0 fully saturated rings. The van der Waals surface area contributed by atoms with Crippen LogP contribution in [0.5, 0.6) is 0 Å². The van der Waals surface area contributed by atoms with Crippen LogP contribution in [0.4, 0.5) is 10.6 Å². The topological polar surface area (TPSA) is 59.5 Å². The zero-order chi connectivity index (χ0) is 16.9. The van der Waals surface area contributed by atoms with Gasteiger partial charge in [0.05, 0.1) is 0 Å². The molecule has 1 aliphatic rings. The van der Waals surface area contributed by atoms with E-state index in [1.807, 2.05) is 26.8 Å². The van der Waals surface area contributed by atoms with Gasteiger partial charge in [0.25, 0.3) is 0 Å². The quantitative estimate of drug-likeness (QED) is 0.627. The summed E-state index contributed by atoms with van der Waals surface area (Å²) in [6.07, 6.45) is 5.56. The Morgan fingerprint density at radius 1 is 1.35 bits per heavy atom. The largest absolute Gasteiger partial charge is 0.443 e. The molecule has 1 aromatic heterocycles. The van der Waals surface area contributed by atoms with Gasteiger partial charge in [0.15, 0.2) is 0 Å². The lowest BCUT2D eigenvalue weighted by Crippen LogP contribution is -2.38. The summed E-state index contributed by atoms with van der Waals surface area (Å²) in [5.74, 6) is 0.723. The van der Waals surface area contributed by atoms with E-state index < -0.39 is 5.60 Å². The number of unbranched alkanes of at least 4 members (excludes halogenated alkanes) is 1. The van der Waals surface area contributed by atoms with Crippen molar-refractivity contribution in [2.75, 3.05) is 11.4 Å². The maximum atomic E-state index is 12.5. The molecule has 1 aromatic rings. The van der Waals surface area contributed by atoms with E-state index in [2.05, 4.69) is 11.1 Å². The second-order valence-corrected chi connectivity index (χ2v) is 6.93. The molecule has 2 heterocycles. The molecule has 0 N–H and O–H groups in total. The number of amides is 1. The van der Waals surface area contributed by atoms with Gasteiger partial charge in [-0.1, -0.05) is 6.07 Å². The zero-order valence-electron chi connectivity index (χ0n) is 14.3. The molecule has 126 valence electrons. The minimum absolute atomic E-state index is 0.335. The Kier molecular flexibility index (Phi) is 5.74. The predicted octanol–water partition coefficient (Wildman–Crippen LogP) is 3.68. The second kappa shape index (κ2) is 7.57. The molecule has 0 aromatic carbocycles. The highest BCUT2D eigenvalue weighted by Gasteiger charge is 2.27. The Labute approximate surface area is 138 Å². The Hall–Kier alpha value is -1.91. The number of nitrogens with zero attached hydrogens (tertiary/aromatic N) is 2. The summed E-state index contributed by atoms with van der Waals surface area (Å²) in [4.78, 5) is 29.3. The van der Waals surface area contributed by atoms with E-state index in [4.69, 9.17) is 4.74 Å². The van der Waals surface area contributed by atoms with Crippen LogP contribution in [0.15, 0.2) is 12.1 Å². The number of anilines is 1. The van der Waals surface area contributed by atoms with Crippen molar-refractivity contribution < 1.29 is 14.3 Å². The molecule has 5 nitrogen and oxygen atoms in total. The fraction of sp³-hybridized carbons (Fsp3) is 0.611. The van der Waals surface area contributed by atoms with Gasteiger partial charge in [-0.25, -0.2) is 9.78 Å². The van der Waals surface area contributed by atoms with Gasteiger partial charge >= 0.3 is 6.09 Å². The Balaban J connectivity index is 2.23. The van der Waals surface area contributed by atoms with E-state index in [-0.39, 0.29) is 6.09 Å². The molecule has 2 rings (SSSR count). The molecule has 1 amide bonds. The van der Waals surface area contributed by atoms with Crippen molar-refractivity contribution >= 4 is 18.2 Å². The van der Waals surface area contributed by atoms with Crippen molar-refractivity contribution in [1.82, 2.24) is 4.98 Å². The Bertz CT molecular complexity index is 564. The third-order valence-electron chi connectivity index (χ3n) is 3.72. The lowest BCUT2D eigenvalue weighted by atomic mass is 10.1. The van der Waals surface area contributed by atoms with Crippen LogP contribution in [0.3, 0.4) is 0 Å². The number of aryl methyl sites for hydroxylation is 2. The van der Waals surface area contributed by atoms with Crippen molar-refractivity contribution in [3.63, 3.8) is 0 Å². The number of fused-ring (bicyclic) bond motifs is 1. The molecule has 5 heteroatoms. The molecule has 0 spiro atoms. The third kappa shape index (κ3) is 5.05. The fourth-order valence-corrected chi connectivity index (χ4v) is 2.64. The number of hydrogen-bond donors (Lipinski definition) is 0. The zero-order valence-corrected chi connectivity index (χ0v) is 14.3.